The van der Waals surface area contributed by atoms with Crippen molar-refractivity contribution in [2.75, 3.05) is 19.6 Å². The highest BCUT2D eigenvalue weighted by Gasteiger charge is 2.40. The number of rotatable bonds is 4. The predicted molar refractivity (Wildman–Crippen MR) is 89.8 cm³/mol. The van der Waals surface area contributed by atoms with E-state index in [1.165, 1.54) is 10.8 Å². The van der Waals surface area contributed by atoms with Crippen LogP contribution in [0.1, 0.15) is 47.5 Å². The Morgan fingerprint density at radius 3 is 2.68 bits per heavy atom. The van der Waals surface area contributed by atoms with E-state index in [4.69, 9.17) is 5.11 Å². The molecule has 0 aromatic carbocycles. The lowest BCUT2D eigenvalue weighted by molar-refractivity contribution is -0.0116. The number of aromatic carboxylic acids is 1. The number of hydrogen-bond donors (Lipinski definition) is 2. The molecule has 25 heavy (non-hydrogen) atoms. The van der Waals surface area contributed by atoms with E-state index in [-0.39, 0.29) is 11.9 Å². The minimum Gasteiger partial charge on any atom is -0.503 e. The van der Waals surface area contributed by atoms with Gasteiger partial charge in [-0.15, -0.1) is 0 Å². The summed E-state index contributed by atoms with van der Waals surface area (Å²) in [4.78, 5) is 40.0. The number of fused-ring (bicyclic) bond motifs is 2. The molecule has 1 fully saturated rings. The van der Waals surface area contributed by atoms with E-state index < -0.39 is 28.6 Å². The Morgan fingerprint density at radius 2 is 2.04 bits per heavy atom. The lowest BCUT2D eigenvalue weighted by Crippen LogP contribution is -2.61. The average Bonchev–Trinajstić information content (AvgIpc) is 2.56. The number of aromatic nitrogens is 1. The summed E-state index contributed by atoms with van der Waals surface area (Å²) < 4.78 is 1.41. The lowest BCUT2D eigenvalue weighted by atomic mass is 10.1. The van der Waals surface area contributed by atoms with E-state index >= 15 is 0 Å². The van der Waals surface area contributed by atoms with Gasteiger partial charge in [0.2, 0.25) is 5.43 Å². The maximum absolute atomic E-state index is 12.8. The highest BCUT2D eigenvalue weighted by Crippen LogP contribution is 2.28. The second kappa shape index (κ2) is 6.51. The molecule has 2 N–H and O–H groups in total. The fourth-order valence-electron chi connectivity index (χ4n) is 3.56. The molecule has 1 aromatic heterocycles. The van der Waals surface area contributed by atoms with E-state index in [9.17, 15) is 19.5 Å². The van der Waals surface area contributed by atoms with Crippen LogP contribution in [0.15, 0.2) is 11.0 Å². The Labute approximate surface area is 145 Å². The van der Waals surface area contributed by atoms with Gasteiger partial charge in [0.05, 0.1) is 6.54 Å². The molecule has 8 heteroatoms. The minimum absolute atomic E-state index is 0.114. The third-order valence-corrected chi connectivity index (χ3v) is 4.93. The van der Waals surface area contributed by atoms with Gasteiger partial charge in [-0.1, -0.05) is 13.8 Å². The van der Waals surface area contributed by atoms with Gasteiger partial charge in [0, 0.05) is 25.8 Å². The third-order valence-electron chi connectivity index (χ3n) is 4.93. The summed E-state index contributed by atoms with van der Waals surface area (Å²) in [6.07, 6.45) is 2.82. The molecule has 0 aliphatic carbocycles. The zero-order valence-corrected chi connectivity index (χ0v) is 14.4. The first-order valence-electron chi connectivity index (χ1n) is 8.56. The van der Waals surface area contributed by atoms with E-state index in [0.717, 1.165) is 25.9 Å². The van der Waals surface area contributed by atoms with Crippen LogP contribution in [0, 0.1) is 5.92 Å². The number of carbonyl (C=O) groups excluding carboxylic acids is 1. The number of nitrogens with zero attached hydrogens (tertiary/aromatic N) is 3. The van der Waals surface area contributed by atoms with Gasteiger partial charge in [-0.25, -0.2) is 4.79 Å². The molecule has 3 heterocycles. The molecule has 2 aliphatic rings. The summed E-state index contributed by atoms with van der Waals surface area (Å²) in [5.74, 6) is -2.06. The zero-order valence-electron chi connectivity index (χ0n) is 14.4. The van der Waals surface area contributed by atoms with Crippen molar-refractivity contribution in [1.29, 1.82) is 0 Å². The van der Waals surface area contributed by atoms with Crippen LogP contribution in [-0.2, 0) is 6.54 Å². The van der Waals surface area contributed by atoms with Crippen molar-refractivity contribution in [1.82, 2.24) is 14.4 Å². The first-order chi connectivity index (χ1) is 11.8. The summed E-state index contributed by atoms with van der Waals surface area (Å²) in [5.41, 5.74) is -1.65. The van der Waals surface area contributed by atoms with Crippen LogP contribution >= 0.6 is 0 Å². The second-order valence-corrected chi connectivity index (χ2v) is 7.08. The fraction of sp³-hybridized carbons (Fsp3) is 0.588. The van der Waals surface area contributed by atoms with Gasteiger partial charge in [0.1, 0.15) is 11.7 Å². The van der Waals surface area contributed by atoms with Gasteiger partial charge in [0.15, 0.2) is 11.4 Å². The van der Waals surface area contributed by atoms with Crippen LogP contribution < -0.4 is 5.43 Å². The molecule has 1 atom stereocenters. The van der Waals surface area contributed by atoms with Gasteiger partial charge in [-0.05, 0) is 18.8 Å². The molecule has 0 radical (unpaired) electrons. The van der Waals surface area contributed by atoms with Crippen molar-refractivity contribution in [2.45, 2.75) is 39.4 Å². The number of carboxylic acid groups (broad SMARTS) is 1. The molecule has 0 bridgehead atoms. The minimum atomic E-state index is -1.41. The van der Waals surface area contributed by atoms with Gasteiger partial charge >= 0.3 is 5.97 Å². The molecule has 1 unspecified atom stereocenters. The summed E-state index contributed by atoms with van der Waals surface area (Å²) in [6, 6.07) is 0. The van der Waals surface area contributed by atoms with Crippen LogP contribution in [0.2, 0.25) is 0 Å². The molecule has 3 rings (SSSR count). The molecule has 1 aromatic rings. The number of aromatic hydroxyl groups is 1. The van der Waals surface area contributed by atoms with Crippen LogP contribution in [0.25, 0.3) is 0 Å². The molecule has 1 saturated heterocycles. The van der Waals surface area contributed by atoms with Crippen LogP contribution in [0.3, 0.4) is 0 Å². The molecule has 0 spiro atoms. The SMILES string of the molecule is CC(C)CCN1CCCN2C(=O)c3c(O)c(=O)c(C(=O)O)cn3CC12. The first-order valence-corrected chi connectivity index (χ1v) is 8.56. The monoisotopic (exact) mass is 349 g/mol. The summed E-state index contributed by atoms with van der Waals surface area (Å²) in [7, 11) is 0. The summed E-state index contributed by atoms with van der Waals surface area (Å²) in [5, 5.41) is 19.3. The van der Waals surface area contributed by atoms with Gasteiger partial charge in [-0.3, -0.25) is 14.5 Å². The summed E-state index contributed by atoms with van der Waals surface area (Å²) in [6.45, 7) is 6.91. The van der Waals surface area contributed by atoms with Gasteiger partial charge < -0.3 is 19.7 Å². The van der Waals surface area contributed by atoms with Crippen molar-refractivity contribution >= 4 is 11.9 Å². The predicted octanol–water partition coefficient (Wildman–Crippen LogP) is 0.786. The Kier molecular flexibility index (Phi) is 4.55. The van der Waals surface area contributed by atoms with Crippen molar-refractivity contribution in [2.24, 2.45) is 5.92 Å². The Bertz CT molecular complexity index is 770. The molecule has 8 nitrogen and oxygen atoms in total. The van der Waals surface area contributed by atoms with E-state index in [1.54, 1.807) is 4.90 Å². The van der Waals surface area contributed by atoms with Crippen LogP contribution in [0.4, 0.5) is 0 Å². The quantitative estimate of drug-likeness (QED) is 0.833. The third kappa shape index (κ3) is 3.02. The first kappa shape index (κ1) is 17.5. The van der Waals surface area contributed by atoms with Crippen molar-refractivity contribution in [3.8, 4) is 5.75 Å². The topological polar surface area (TPSA) is 103 Å². The standard InChI is InChI=1S/C17H23N3O5/c1-10(2)4-7-18-5-3-6-20-12(18)9-19-8-11(17(24)25)14(21)15(22)13(19)16(20)23/h8,10,12,22H,3-7,9H2,1-2H3,(H,24,25). The number of pyridine rings is 1. The maximum atomic E-state index is 12.8. The number of amides is 1. The van der Waals surface area contributed by atoms with E-state index in [2.05, 4.69) is 18.7 Å². The van der Waals surface area contributed by atoms with E-state index in [1.807, 2.05) is 0 Å². The largest absolute Gasteiger partial charge is 0.503 e. The lowest BCUT2D eigenvalue weighted by Gasteiger charge is -2.47. The zero-order chi connectivity index (χ0) is 18.3. The molecular formula is C17H23N3O5. The molecule has 2 aliphatic heterocycles. The summed E-state index contributed by atoms with van der Waals surface area (Å²) >= 11 is 0. The number of hydrogen-bond acceptors (Lipinski definition) is 5. The van der Waals surface area contributed by atoms with E-state index in [0.29, 0.717) is 19.0 Å². The molecular weight excluding hydrogens is 326 g/mol. The maximum Gasteiger partial charge on any atom is 0.341 e. The Balaban J connectivity index is 2.00. The van der Waals surface area contributed by atoms with Crippen LogP contribution in [-0.4, -0.2) is 62.3 Å². The highest BCUT2D eigenvalue weighted by atomic mass is 16.4. The molecule has 136 valence electrons. The normalized spacial score (nSPS) is 20.5. The highest BCUT2D eigenvalue weighted by molar-refractivity contribution is 5.97. The molecule has 0 saturated carbocycles. The molecule has 1 amide bonds. The van der Waals surface area contributed by atoms with Gasteiger partial charge in [-0.2, -0.15) is 0 Å². The van der Waals surface area contributed by atoms with Crippen molar-refractivity contribution in [3.05, 3.63) is 27.7 Å². The Hall–Kier alpha value is -2.35. The average molecular weight is 349 g/mol. The Morgan fingerprint density at radius 1 is 1.32 bits per heavy atom. The number of carboxylic acids is 1. The van der Waals surface area contributed by atoms with Crippen molar-refractivity contribution in [3.63, 3.8) is 0 Å². The van der Waals surface area contributed by atoms with Crippen molar-refractivity contribution < 1.29 is 19.8 Å². The van der Waals surface area contributed by atoms with Crippen LogP contribution in [0.5, 0.6) is 5.75 Å². The second-order valence-electron chi connectivity index (χ2n) is 7.08. The fourth-order valence-corrected chi connectivity index (χ4v) is 3.56. The smallest absolute Gasteiger partial charge is 0.341 e. The van der Waals surface area contributed by atoms with Gasteiger partial charge in [0.25, 0.3) is 5.91 Å². The number of carbonyl (C=O) groups is 2.